The highest BCUT2D eigenvalue weighted by molar-refractivity contribution is 9.10. The lowest BCUT2D eigenvalue weighted by Gasteiger charge is -2.16. The van der Waals surface area contributed by atoms with E-state index in [4.69, 9.17) is 5.84 Å². The quantitative estimate of drug-likeness (QED) is 0.390. The number of rotatable bonds is 8. The van der Waals surface area contributed by atoms with Gasteiger partial charge in [0.1, 0.15) is 16.6 Å². The largest absolute Gasteiger partial charge is 0.367 e. The summed E-state index contributed by atoms with van der Waals surface area (Å²) in [4.78, 5) is 8.22. The Morgan fingerprint density at radius 1 is 1.28 bits per heavy atom. The van der Waals surface area contributed by atoms with Crippen molar-refractivity contribution in [3.8, 4) is 0 Å². The molecule has 102 valence electrons. The van der Waals surface area contributed by atoms with Crippen LogP contribution in [0.2, 0.25) is 0 Å². The van der Waals surface area contributed by atoms with Crippen molar-refractivity contribution in [1.82, 2.24) is 9.97 Å². The zero-order chi connectivity index (χ0) is 13.4. The van der Waals surface area contributed by atoms with Gasteiger partial charge in [-0.15, -0.1) is 0 Å². The van der Waals surface area contributed by atoms with Gasteiger partial charge in [0.05, 0.1) is 0 Å². The Labute approximate surface area is 117 Å². The number of hydrazine groups is 1. The first-order chi connectivity index (χ1) is 8.69. The number of nitrogen functional groups attached to an aromatic ring is 1. The van der Waals surface area contributed by atoms with E-state index in [-0.39, 0.29) is 0 Å². The first-order valence-electron chi connectivity index (χ1n) is 6.42. The van der Waals surface area contributed by atoms with Crippen molar-refractivity contribution in [3.63, 3.8) is 0 Å². The van der Waals surface area contributed by atoms with Crippen LogP contribution in [0.15, 0.2) is 10.8 Å². The van der Waals surface area contributed by atoms with Crippen molar-refractivity contribution in [3.05, 3.63) is 10.8 Å². The van der Waals surface area contributed by atoms with Gasteiger partial charge < -0.3 is 10.7 Å². The van der Waals surface area contributed by atoms with Crippen LogP contribution in [-0.4, -0.2) is 16.0 Å². The van der Waals surface area contributed by atoms with Crippen LogP contribution in [0.5, 0.6) is 0 Å². The van der Waals surface area contributed by atoms with Gasteiger partial charge in [-0.05, 0) is 29.3 Å². The molecule has 0 aliphatic rings. The van der Waals surface area contributed by atoms with Crippen molar-refractivity contribution in [2.75, 3.05) is 10.7 Å². The van der Waals surface area contributed by atoms with E-state index in [1.54, 1.807) is 0 Å². The molecule has 0 fully saturated rings. The number of unbranched alkanes of at least 4 members (excludes halogenated alkanes) is 3. The van der Waals surface area contributed by atoms with Crippen molar-refractivity contribution in [2.45, 2.75) is 52.0 Å². The fourth-order valence-corrected chi connectivity index (χ4v) is 2.19. The number of nitrogens with zero attached hydrogens (tertiary/aromatic N) is 2. The smallest absolute Gasteiger partial charge is 0.159 e. The molecule has 1 aromatic heterocycles. The Morgan fingerprint density at radius 3 is 2.67 bits per heavy atom. The summed E-state index contributed by atoms with van der Waals surface area (Å²) in [5.41, 5.74) is 2.53. The first-order valence-corrected chi connectivity index (χ1v) is 7.22. The summed E-state index contributed by atoms with van der Waals surface area (Å²) in [6.07, 6.45) is 7.75. The Balaban J connectivity index is 2.46. The van der Waals surface area contributed by atoms with Crippen LogP contribution in [0.25, 0.3) is 0 Å². The lowest BCUT2D eigenvalue weighted by atomic mass is 10.1. The molecule has 0 spiro atoms. The summed E-state index contributed by atoms with van der Waals surface area (Å²) < 4.78 is 0.771. The summed E-state index contributed by atoms with van der Waals surface area (Å²) in [6, 6.07) is 0.388. The van der Waals surface area contributed by atoms with Gasteiger partial charge in [-0.1, -0.05) is 32.6 Å². The highest BCUT2D eigenvalue weighted by Gasteiger charge is 2.10. The predicted molar refractivity (Wildman–Crippen MR) is 79.4 cm³/mol. The van der Waals surface area contributed by atoms with Crippen LogP contribution in [0.3, 0.4) is 0 Å². The van der Waals surface area contributed by atoms with E-state index in [1.807, 2.05) is 0 Å². The summed E-state index contributed by atoms with van der Waals surface area (Å²) in [6.45, 7) is 4.39. The fraction of sp³-hybridized carbons (Fsp3) is 0.667. The Morgan fingerprint density at radius 2 is 2.00 bits per heavy atom. The minimum Gasteiger partial charge on any atom is -0.367 e. The maximum atomic E-state index is 5.37. The van der Waals surface area contributed by atoms with Crippen molar-refractivity contribution in [1.29, 1.82) is 0 Å². The number of hydrogen-bond donors (Lipinski definition) is 3. The zero-order valence-corrected chi connectivity index (χ0v) is 12.6. The minimum absolute atomic E-state index is 0.388. The highest BCUT2D eigenvalue weighted by atomic mass is 79.9. The SMILES string of the molecule is CCCCCCC(C)Nc1ncnc(NN)c1Br. The third kappa shape index (κ3) is 4.78. The second-order valence-corrected chi connectivity index (χ2v) is 5.22. The molecule has 5 nitrogen and oxygen atoms in total. The molecular weight excluding hydrogens is 294 g/mol. The van der Waals surface area contributed by atoms with Crippen molar-refractivity contribution < 1.29 is 0 Å². The normalized spacial score (nSPS) is 12.2. The molecule has 0 saturated carbocycles. The molecule has 0 aromatic carbocycles. The standard InChI is InChI=1S/C12H22BrN5/c1-3-4-5-6-7-9(2)17-11-10(13)12(18-14)16-8-15-11/h8-9H,3-7,14H2,1-2H3,(H2,15,16,17,18). The average molecular weight is 316 g/mol. The van der Waals surface area contributed by atoms with Crippen LogP contribution in [0, 0.1) is 0 Å². The van der Waals surface area contributed by atoms with Crippen LogP contribution in [0.1, 0.15) is 46.0 Å². The molecule has 18 heavy (non-hydrogen) atoms. The molecule has 0 bridgehead atoms. The Kier molecular flexibility index (Phi) is 6.97. The first kappa shape index (κ1) is 15.2. The summed E-state index contributed by atoms with van der Waals surface area (Å²) in [5, 5.41) is 3.37. The van der Waals surface area contributed by atoms with Gasteiger partial charge in [0, 0.05) is 6.04 Å². The third-order valence-electron chi connectivity index (χ3n) is 2.80. The molecule has 0 aliphatic heterocycles. The number of nitrogens with two attached hydrogens (primary N) is 1. The van der Waals surface area contributed by atoms with E-state index < -0.39 is 0 Å². The maximum Gasteiger partial charge on any atom is 0.159 e. The van der Waals surface area contributed by atoms with Crippen molar-refractivity contribution in [2.24, 2.45) is 5.84 Å². The monoisotopic (exact) mass is 315 g/mol. The van der Waals surface area contributed by atoms with Gasteiger partial charge in [0.25, 0.3) is 0 Å². The number of aromatic nitrogens is 2. The molecule has 1 aromatic rings. The van der Waals surface area contributed by atoms with Crippen LogP contribution < -0.4 is 16.6 Å². The molecule has 6 heteroatoms. The lowest BCUT2D eigenvalue weighted by Crippen LogP contribution is -2.17. The van der Waals surface area contributed by atoms with Crippen LogP contribution >= 0.6 is 15.9 Å². The van der Waals surface area contributed by atoms with E-state index in [0.717, 1.165) is 16.7 Å². The second-order valence-electron chi connectivity index (χ2n) is 4.42. The Hall–Kier alpha value is -0.880. The summed E-state index contributed by atoms with van der Waals surface area (Å²) in [7, 11) is 0. The van der Waals surface area contributed by atoms with Gasteiger partial charge in [-0.25, -0.2) is 15.8 Å². The molecule has 1 atom stereocenters. The van der Waals surface area contributed by atoms with Crippen molar-refractivity contribution >= 4 is 27.6 Å². The van der Waals surface area contributed by atoms with Gasteiger partial charge in [-0.2, -0.15) is 0 Å². The van der Waals surface area contributed by atoms with E-state index >= 15 is 0 Å². The Bertz CT molecular complexity index is 358. The number of halogens is 1. The fourth-order valence-electron chi connectivity index (χ4n) is 1.75. The lowest BCUT2D eigenvalue weighted by molar-refractivity contribution is 0.592. The van der Waals surface area contributed by atoms with Gasteiger partial charge in [0.15, 0.2) is 5.82 Å². The number of nitrogens with one attached hydrogen (secondary N) is 2. The van der Waals surface area contributed by atoms with E-state index in [9.17, 15) is 0 Å². The topological polar surface area (TPSA) is 75.9 Å². The van der Waals surface area contributed by atoms with Crippen LogP contribution in [-0.2, 0) is 0 Å². The molecular formula is C12H22BrN5. The van der Waals surface area contributed by atoms with E-state index in [1.165, 1.54) is 32.0 Å². The molecule has 0 amide bonds. The molecule has 1 heterocycles. The molecule has 0 saturated heterocycles. The minimum atomic E-state index is 0.388. The summed E-state index contributed by atoms with van der Waals surface area (Å²) in [5.74, 6) is 6.73. The maximum absolute atomic E-state index is 5.37. The predicted octanol–water partition coefficient (Wildman–Crippen LogP) is 3.30. The highest BCUT2D eigenvalue weighted by Crippen LogP contribution is 2.26. The van der Waals surface area contributed by atoms with E-state index in [2.05, 4.69) is 50.5 Å². The van der Waals surface area contributed by atoms with E-state index in [0.29, 0.717) is 11.9 Å². The van der Waals surface area contributed by atoms with Gasteiger partial charge in [-0.3, -0.25) is 0 Å². The molecule has 4 N–H and O–H groups in total. The second kappa shape index (κ2) is 8.26. The molecule has 0 radical (unpaired) electrons. The molecule has 1 rings (SSSR count). The average Bonchev–Trinajstić information content (AvgIpc) is 2.37. The number of hydrogen-bond acceptors (Lipinski definition) is 5. The third-order valence-corrected chi connectivity index (χ3v) is 3.55. The molecule has 0 aliphatic carbocycles. The van der Waals surface area contributed by atoms with Gasteiger partial charge in [0.2, 0.25) is 0 Å². The molecule has 1 unspecified atom stereocenters. The van der Waals surface area contributed by atoms with Gasteiger partial charge >= 0.3 is 0 Å². The zero-order valence-electron chi connectivity index (χ0n) is 11.0. The number of anilines is 2. The van der Waals surface area contributed by atoms with Crippen LogP contribution in [0.4, 0.5) is 11.6 Å². The summed E-state index contributed by atoms with van der Waals surface area (Å²) >= 11 is 3.43.